The fourth-order valence-corrected chi connectivity index (χ4v) is 4.41. The number of carbonyl (C=O) groups is 1. The molecule has 9 heteroatoms. The number of halogens is 1. The minimum atomic E-state index is -0.335. The van der Waals surface area contributed by atoms with Gasteiger partial charge in [0.15, 0.2) is 5.82 Å². The zero-order valence-corrected chi connectivity index (χ0v) is 19.9. The Morgan fingerprint density at radius 3 is 2.68 bits per heavy atom. The highest BCUT2D eigenvalue weighted by Gasteiger charge is 2.17. The van der Waals surface area contributed by atoms with Crippen LogP contribution in [0.2, 0.25) is 0 Å². The predicted octanol–water partition coefficient (Wildman–Crippen LogP) is 6.11. The molecular weight excluding hydrogens is 469 g/mol. The Balaban J connectivity index is 1.41. The largest absolute Gasteiger partial charge is 0.335 e. The van der Waals surface area contributed by atoms with Gasteiger partial charge in [-0.1, -0.05) is 31.2 Å². The SMILES string of the molecule is CCCC(=O)Nc1cncc(-c2ccc3[nH]nc(-c4nc5c(-c6ccccc6F)cncc5[nH]4)c3c2)c1. The molecule has 182 valence electrons. The molecule has 37 heavy (non-hydrogen) atoms. The topological polar surface area (TPSA) is 112 Å². The maximum atomic E-state index is 14.5. The van der Waals surface area contributed by atoms with Crippen molar-refractivity contribution in [3.05, 3.63) is 79.1 Å². The van der Waals surface area contributed by atoms with Gasteiger partial charge in [-0.15, -0.1) is 0 Å². The van der Waals surface area contributed by atoms with E-state index in [0.717, 1.165) is 28.5 Å². The monoisotopic (exact) mass is 491 g/mol. The van der Waals surface area contributed by atoms with Gasteiger partial charge in [0.1, 0.15) is 17.0 Å². The molecule has 0 spiro atoms. The average Bonchev–Trinajstić information content (AvgIpc) is 3.53. The molecule has 0 aliphatic heterocycles. The van der Waals surface area contributed by atoms with E-state index in [1.807, 2.05) is 31.2 Å². The number of fused-ring (bicyclic) bond motifs is 2. The summed E-state index contributed by atoms with van der Waals surface area (Å²) in [6.45, 7) is 1.96. The molecule has 0 unspecified atom stereocenters. The van der Waals surface area contributed by atoms with Crippen LogP contribution in [0.25, 0.3) is 55.7 Å². The fraction of sp³-hybridized carbons (Fsp3) is 0.107. The molecule has 0 saturated carbocycles. The number of aromatic nitrogens is 6. The number of H-pyrrole nitrogens is 2. The summed E-state index contributed by atoms with van der Waals surface area (Å²) < 4.78 is 14.5. The van der Waals surface area contributed by atoms with Gasteiger partial charge in [-0.3, -0.25) is 19.9 Å². The first kappa shape index (κ1) is 22.5. The van der Waals surface area contributed by atoms with Crippen LogP contribution < -0.4 is 5.32 Å². The number of nitrogens with zero attached hydrogens (tertiary/aromatic N) is 4. The highest BCUT2D eigenvalue weighted by molar-refractivity contribution is 5.98. The van der Waals surface area contributed by atoms with Gasteiger partial charge in [0.2, 0.25) is 5.91 Å². The third kappa shape index (κ3) is 4.20. The van der Waals surface area contributed by atoms with E-state index in [1.54, 1.807) is 43.0 Å². The minimum absolute atomic E-state index is 0.0387. The number of hydrogen-bond donors (Lipinski definition) is 3. The molecule has 0 radical (unpaired) electrons. The molecule has 0 fully saturated rings. The van der Waals surface area contributed by atoms with Gasteiger partial charge in [-0.05, 0) is 36.2 Å². The lowest BCUT2D eigenvalue weighted by Gasteiger charge is -2.07. The normalized spacial score (nSPS) is 11.3. The van der Waals surface area contributed by atoms with E-state index in [-0.39, 0.29) is 11.7 Å². The number of benzene rings is 2. The van der Waals surface area contributed by atoms with Crippen molar-refractivity contribution in [1.29, 1.82) is 0 Å². The summed E-state index contributed by atoms with van der Waals surface area (Å²) in [5, 5.41) is 11.3. The second-order valence-electron chi connectivity index (χ2n) is 8.74. The molecule has 4 heterocycles. The van der Waals surface area contributed by atoms with Crippen LogP contribution in [0.4, 0.5) is 10.1 Å². The number of hydrogen-bond acceptors (Lipinski definition) is 5. The number of carbonyl (C=O) groups excluding carboxylic acids is 1. The van der Waals surface area contributed by atoms with Gasteiger partial charge in [0, 0.05) is 40.9 Å². The van der Waals surface area contributed by atoms with Crippen molar-refractivity contribution in [3.63, 3.8) is 0 Å². The Hall–Kier alpha value is -4.92. The van der Waals surface area contributed by atoms with E-state index in [9.17, 15) is 9.18 Å². The highest BCUT2D eigenvalue weighted by atomic mass is 19.1. The summed E-state index contributed by atoms with van der Waals surface area (Å²) in [5.41, 5.74) is 6.23. The third-order valence-electron chi connectivity index (χ3n) is 6.18. The van der Waals surface area contributed by atoms with E-state index in [0.29, 0.717) is 45.8 Å². The smallest absolute Gasteiger partial charge is 0.224 e. The predicted molar refractivity (Wildman–Crippen MR) is 141 cm³/mol. The minimum Gasteiger partial charge on any atom is -0.335 e. The van der Waals surface area contributed by atoms with Crippen molar-refractivity contribution in [2.75, 3.05) is 5.32 Å². The molecule has 0 aliphatic rings. The first-order chi connectivity index (χ1) is 18.1. The number of imidazole rings is 1. The zero-order chi connectivity index (χ0) is 25.4. The summed E-state index contributed by atoms with van der Waals surface area (Å²) in [4.78, 5) is 28.7. The number of rotatable bonds is 6. The van der Waals surface area contributed by atoms with Crippen LogP contribution in [0.1, 0.15) is 19.8 Å². The Bertz CT molecular complexity index is 1770. The molecular formula is C28H22FN7O. The van der Waals surface area contributed by atoms with Gasteiger partial charge < -0.3 is 10.3 Å². The molecule has 3 N–H and O–H groups in total. The number of nitrogens with one attached hydrogen (secondary N) is 3. The van der Waals surface area contributed by atoms with Gasteiger partial charge in [-0.2, -0.15) is 5.10 Å². The number of anilines is 1. The molecule has 4 aromatic heterocycles. The van der Waals surface area contributed by atoms with Crippen LogP contribution in [-0.2, 0) is 4.79 Å². The maximum absolute atomic E-state index is 14.5. The Kier molecular flexibility index (Phi) is 5.65. The van der Waals surface area contributed by atoms with Crippen molar-refractivity contribution >= 4 is 33.5 Å². The summed E-state index contributed by atoms with van der Waals surface area (Å²) >= 11 is 0. The molecule has 1 amide bonds. The molecule has 0 atom stereocenters. The van der Waals surface area contributed by atoms with E-state index >= 15 is 0 Å². The maximum Gasteiger partial charge on any atom is 0.224 e. The zero-order valence-electron chi connectivity index (χ0n) is 19.9. The quantitative estimate of drug-likeness (QED) is 0.260. The van der Waals surface area contributed by atoms with Gasteiger partial charge in [0.25, 0.3) is 0 Å². The second kappa shape index (κ2) is 9.27. The number of aromatic amines is 2. The van der Waals surface area contributed by atoms with E-state index in [4.69, 9.17) is 4.98 Å². The molecule has 6 rings (SSSR count). The van der Waals surface area contributed by atoms with Crippen molar-refractivity contribution in [2.45, 2.75) is 19.8 Å². The van der Waals surface area contributed by atoms with Crippen LogP contribution in [0.3, 0.4) is 0 Å². The highest BCUT2D eigenvalue weighted by Crippen LogP contribution is 2.33. The standard InChI is InChI=1S/C28H22FN7O/c1-2-5-25(37)32-18-10-17(12-30-13-18)16-8-9-23-20(11-16)27(36-35-23)28-33-24-15-31-14-21(26(24)34-28)19-6-3-4-7-22(19)29/h3-4,6-15H,2,5H2,1H3,(H,32,37)(H,33,34)(H,35,36). The van der Waals surface area contributed by atoms with Gasteiger partial charge >= 0.3 is 0 Å². The van der Waals surface area contributed by atoms with E-state index < -0.39 is 0 Å². The molecule has 2 aromatic carbocycles. The Morgan fingerprint density at radius 1 is 0.946 bits per heavy atom. The first-order valence-corrected chi connectivity index (χ1v) is 11.9. The van der Waals surface area contributed by atoms with Crippen LogP contribution in [0.5, 0.6) is 0 Å². The molecule has 6 aromatic rings. The van der Waals surface area contributed by atoms with Gasteiger partial charge in [0.05, 0.1) is 29.1 Å². The third-order valence-corrected chi connectivity index (χ3v) is 6.18. The number of amides is 1. The lowest BCUT2D eigenvalue weighted by atomic mass is 10.0. The van der Waals surface area contributed by atoms with Crippen LogP contribution >= 0.6 is 0 Å². The Morgan fingerprint density at radius 2 is 1.81 bits per heavy atom. The lowest BCUT2D eigenvalue weighted by molar-refractivity contribution is -0.116. The molecule has 0 saturated heterocycles. The van der Waals surface area contributed by atoms with Crippen LogP contribution in [-0.4, -0.2) is 36.0 Å². The Labute approximate surface area is 211 Å². The van der Waals surface area contributed by atoms with Crippen LogP contribution in [0.15, 0.2) is 73.3 Å². The van der Waals surface area contributed by atoms with E-state index in [1.165, 1.54) is 6.07 Å². The van der Waals surface area contributed by atoms with E-state index in [2.05, 4.69) is 30.5 Å². The van der Waals surface area contributed by atoms with Crippen molar-refractivity contribution in [3.8, 4) is 33.8 Å². The summed E-state index contributed by atoms with van der Waals surface area (Å²) in [7, 11) is 0. The first-order valence-electron chi connectivity index (χ1n) is 11.9. The van der Waals surface area contributed by atoms with Crippen molar-refractivity contribution in [2.24, 2.45) is 0 Å². The van der Waals surface area contributed by atoms with Crippen molar-refractivity contribution in [1.82, 2.24) is 30.1 Å². The summed E-state index contributed by atoms with van der Waals surface area (Å²) in [6, 6.07) is 14.4. The molecule has 0 aliphatic carbocycles. The van der Waals surface area contributed by atoms with Gasteiger partial charge in [-0.25, -0.2) is 9.37 Å². The summed E-state index contributed by atoms with van der Waals surface area (Å²) in [5.74, 6) is 0.170. The van der Waals surface area contributed by atoms with Crippen LogP contribution in [0, 0.1) is 5.82 Å². The lowest BCUT2D eigenvalue weighted by Crippen LogP contribution is -2.10. The van der Waals surface area contributed by atoms with Crippen molar-refractivity contribution < 1.29 is 9.18 Å². The second-order valence-corrected chi connectivity index (χ2v) is 8.74. The molecule has 0 bridgehead atoms. The fourth-order valence-electron chi connectivity index (χ4n) is 4.41. The molecule has 8 nitrogen and oxygen atoms in total. The summed E-state index contributed by atoms with van der Waals surface area (Å²) in [6.07, 6.45) is 7.91. The average molecular weight is 492 g/mol. The number of pyridine rings is 2.